The molecule has 1 aliphatic rings. The van der Waals surface area contributed by atoms with E-state index >= 15 is 0 Å². The maximum atomic E-state index is 13.3. The second kappa shape index (κ2) is 10.7. The van der Waals surface area contributed by atoms with Gasteiger partial charge in [-0.15, -0.1) is 0 Å². The van der Waals surface area contributed by atoms with Gasteiger partial charge in [-0.05, 0) is 55.2 Å². The Bertz CT molecular complexity index is 916. The van der Waals surface area contributed by atoms with Gasteiger partial charge < -0.3 is 10.2 Å². The van der Waals surface area contributed by atoms with Crippen LogP contribution in [0.5, 0.6) is 0 Å². The predicted molar refractivity (Wildman–Crippen MR) is 125 cm³/mol. The third-order valence-corrected chi connectivity index (χ3v) is 6.55. The van der Waals surface area contributed by atoms with E-state index in [1.165, 1.54) is 0 Å². The van der Waals surface area contributed by atoms with Crippen molar-refractivity contribution >= 4 is 50.9 Å². The fourth-order valence-electron chi connectivity index (χ4n) is 3.74. The molecule has 0 unspecified atom stereocenters. The Morgan fingerprint density at radius 1 is 1.17 bits per heavy atom. The third kappa shape index (κ3) is 6.22. The normalized spacial score (nSPS) is 15.1. The van der Waals surface area contributed by atoms with E-state index in [9.17, 15) is 9.59 Å². The molecule has 0 aromatic heterocycles. The van der Waals surface area contributed by atoms with Crippen molar-refractivity contribution in [1.82, 2.24) is 10.2 Å². The zero-order valence-corrected chi connectivity index (χ0v) is 19.9. The number of nitrogens with zero attached hydrogens (tertiary/aromatic N) is 1. The summed E-state index contributed by atoms with van der Waals surface area (Å²) in [6.07, 6.45) is 4.37. The minimum absolute atomic E-state index is 0.102. The molecule has 3 rings (SSSR count). The number of halogens is 3. The van der Waals surface area contributed by atoms with Gasteiger partial charge in [0.25, 0.3) is 0 Å². The smallest absolute Gasteiger partial charge is 0.242 e. The van der Waals surface area contributed by atoms with Gasteiger partial charge in [-0.3, -0.25) is 9.59 Å². The van der Waals surface area contributed by atoms with Crippen LogP contribution in [0.25, 0.3) is 0 Å². The fourth-order valence-corrected chi connectivity index (χ4v) is 4.66. The summed E-state index contributed by atoms with van der Waals surface area (Å²) in [5.74, 6) is -0.277. The third-order valence-electron chi connectivity index (χ3n) is 5.47. The molecular weight excluding hydrogens is 487 g/mol. The maximum absolute atomic E-state index is 13.3. The molecule has 4 nitrogen and oxygen atoms in total. The minimum atomic E-state index is -0.594. The summed E-state index contributed by atoms with van der Waals surface area (Å²) < 4.78 is 0.927. The van der Waals surface area contributed by atoms with Gasteiger partial charge in [0, 0.05) is 27.1 Å². The van der Waals surface area contributed by atoms with Crippen LogP contribution >= 0.6 is 39.1 Å². The number of benzene rings is 2. The molecule has 0 heterocycles. The topological polar surface area (TPSA) is 49.4 Å². The molecule has 7 heteroatoms. The largest absolute Gasteiger partial charge is 0.352 e. The molecule has 1 aliphatic carbocycles. The Morgan fingerprint density at radius 2 is 1.90 bits per heavy atom. The molecule has 1 atom stereocenters. The van der Waals surface area contributed by atoms with Crippen molar-refractivity contribution < 1.29 is 9.59 Å². The summed E-state index contributed by atoms with van der Waals surface area (Å²) in [5, 5.41) is 4.07. The highest BCUT2D eigenvalue weighted by Crippen LogP contribution is 2.23. The van der Waals surface area contributed by atoms with Crippen molar-refractivity contribution in [3.63, 3.8) is 0 Å². The second-order valence-electron chi connectivity index (χ2n) is 7.73. The number of hydrogen-bond acceptors (Lipinski definition) is 2. The predicted octanol–water partition coefficient (Wildman–Crippen LogP) is 5.77. The summed E-state index contributed by atoms with van der Waals surface area (Å²) in [4.78, 5) is 27.8. The first-order valence-corrected chi connectivity index (χ1v) is 11.7. The van der Waals surface area contributed by atoms with Crippen LogP contribution in [0.2, 0.25) is 10.0 Å². The Hall–Kier alpha value is -1.56. The van der Waals surface area contributed by atoms with Crippen LogP contribution in [0.3, 0.4) is 0 Å². The van der Waals surface area contributed by atoms with Gasteiger partial charge in [-0.25, -0.2) is 0 Å². The van der Waals surface area contributed by atoms with Crippen molar-refractivity contribution in [1.29, 1.82) is 0 Å². The van der Waals surface area contributed by atoms with Gasteiger partial charge in [0.1, 0.15) is 6.04 Å². The summed E-state index contributed by atoms with van der Waals surface area (Å²) in [7, 11) is 0. The van der Waals surface area contributed by atoms with Crippen molar-refractivity contribution in [3.8, 4) is 0 Å². The molecule has 0 radical (unpaired) electrons. The lowest BCUT2D eigenvalue weighted by atomic mass is 10.1. The molecule has 1 N–H and O–H groups in total. The first-order valence-electron chi connectivity index (χ1n) is 10.1. The SMILES string of the molecule is C[C@H](C(=O)NC1CCCC1)N(Cc1cccc(Br)c1)C(=O)Cc1ccc(Cl)cc1Cl. The number of rotatable bonds is 7. The Morgan fingerprint density at radius 3 is 2.57 bits per heavy atom. The first-order chi connectivity index (χ1) is 14.3. The fraction of sp³-hybridized carbons (Fsp3) is 0.391. The maximum Gasteiger partial charge on any atom is 0.242 e. The Labute approximate surface area is 196 Å². The van der Waals surface area contributed by atoms with E-state index in [1.807, 2.05) is 24.3 Å². The van der Waals surface area contributed by atoms with E-state index in [1.54, 1.807) is 30.0 Å². The molecule has 2 aromatic rings. The van der Waals surface area contributed by atoms with Gasteiger partial charge in [-0.2, -0.15) is 0 Å². The van der Waals surface area contributed by atoms with Crippen LogP contribution in [0.1, 0.15) is 43.7 Å². The van der Waals surface area contributed by atoms with E-state index in [2.05, 4.69) is 21.2 Å². The molecule has 0 aliphatic heterocycles. The minimum Gasteiger partial charge on any atom is -0.352 e. The van der Waals surface area contributed by atoms with E-state index in [0.29, 0.717) is 22.2 Å². The number of carbonyl (C=O) groups is 2. The average Bonchev–Trinajstić information content (AvgIpc) is 3.20. The number of hydrogen-bond donors (Lipinski definition) is 1. The molecule has 0 spiro atoms. The van der Waals surface area contributed by atoms with E-state index < -0.39 is 6.04 Å². The molecule has 2 aromatic carbocycles. The van der Waals surface area contributed by atoms with E-state index in [0.717, 1.165) is 35.7 Å². The average molecular weight is 512 g/mol. The molecule has 30 heavy (non-hydrogen) atoms. The molecule has 0 saturated heterocycles. The van der Waals surface area contributed by atoms with Crippen molar-refractivity contribution in [2.75, 3.05) is 0 Å². The Kier molecular flexibility index (Phi) is 8.20. The van der Waals surface area contributed by atoms with E-state index in [4.69, 9.17) is 23.2 Å². The molecule has 1 saturated carbocycles. The first kappa shape index (κ1) is 23.1. The highest BCUT2D eigenvalue weighted by Gasteiger charge is 2.28. The summed E-state index contributed by atoms with van der Waals surface area (Å²) in [5.41, 5.74) is 1.63. The Balaban J connectivity index is 1.79. The number of carbonyl (C=O) groups excluding carboxylic acids is 2. The summed E-state index contributed by atoms with van der Waals surface area (Å²) in [6, 6.07) is 12.4. The van der Waals surface area contributed by atoms with Crippen molar-refractivity contribution in [2.24, 2.45) is 0 Å². The van der Waals surface area contributed by atoms with Crippen LogP contribution in [-0.2, 0) is 22.6 Å². The van der Waals surface area contributed by atoms with Crippen molar-refractivity contribution in [3.05, 3.63) is 68.1 Å². The molecule has 2 amide bonds. The number of amides is 2. The van der Waals surface area contributed by atoms with Crippen LogP contribution in [0.4, 0.5) is 0 Å². The van der Waals surface area contributed by atoms with Crippen molar-refractivity contribution in [2.45, 2.75) is 57.7 Å². The van der Waals surface area contributed by atoms with Crippen LogP contribution in [-0.4, -0.2) is 28.8 Å². The highest BCUT2D eigenvalue weighted by atomic mass is 79.9. The quantitative estimate of drug-likeness (QED) is 0.512. The lowest BCUT2D eigenvalue weighted by Gasteiger charge is -2.30. The molecule has 0 bridgehead atoms. The van der Waals surface area contributed by atoms with Crippen LogP contribution < -0.4 is 5.32 Å². The van der Waals surface area contributed by atoms with Crippen LogP contribution in [0.15, 0.2) is 46.9 Å². The molecule has 1 fully saturated rings. The molecular formula is C23H25BrCl2N2O2. The number of nitrogens with one attached hydrogen (secondary N) is 1. The van der Waals surface area contributed by atoms with Gasteiger partial charge in [-0.1, -0.05) is 70.2 Å². The standard InChI is InChI=1S/C23H25BrCl2N2O2/c1-15(23(30)27-20-7-2-3-8-20)28(14-16-5-4-6-18(24)11-16)22(29)12-17-9-10-19(25)13-21(17)26/h4-6,9-11,13,15,20H,2-3,7-8,12,14H2,1H3,(H,27,30)/t15-/m1/s1. The summed E-state index contributed by atoms with van der Waals surface area (Å²) >= 11 is 15.7. The monoisotopic (exact) mass is 510 g/mol. The van der Waals surface area contributed by atoms with E-state index in [-0.39, 0.29) is 24.3 Å². The van der Waals surface area contributed by atoms with Gasteiger partial charge in [0.2, 0.25) is 11.8 Å². The second-order valence-corrected chi connectivity index (χ2v) is 9.49. The van der Waals surface area contributed by atoms with Gasteiger partial charge in [0.05, 0.1) is 6.42 Å². The summed E-state index contributed by atoms with van der Waals surface area (Å²) in [6.45, 7) is 2.12. The zero-order chi connectivity index (χ0) is 21.7. The van der Waals surface area contributed by atoms with Gasteiger partial charge >= 0.3 is 0 Å². The highest BCUT2D eigenvalue weighted by molar-refractivity contribution is 9.10. The lowest BCUT2D eigenvalue weighted by Crippen LogP contribution is -2.50. The zero-order valence-electron chi connectivity index (χ0n) is 16.8. The van der Waals surface area contributed by atoms with Crippen LogP contribution in [0, 0.1) is 0 Å². The van der Waals surface area contributed by atoms with Gasteiger partial charge in [0.15, 0.2) is 0 Å². The molecule has 160 valence electrons. The lowest BCUT2D eigenvalue weighted by molar-refractivity contribution is -0.140.